The molecule has 0 fully saturated rings. The summed E-state index contributed by atoms with van der Waals surface area (Å²) in [5.41, 5.74) is 4.70. The summed E-state index contributed by atoms with van der Waals surface area (Å²) in [6.45, 7) is 2.11. The molecular formula is C30H25BrN2O5. The van der Waals surface area contributed by atoms with E-state index < -0.39 is 18.0 Å². The number of benzene rings is 4. The fraction of sp³-hybridized carbons (Fsp3) is 0.100. The molecule has 192 valence electrons. The Morgan fingerprint density at radius 2 is 1.55 bits per heavy atom. The summed E-state index contributed by atoms with van der Waals surface area (Å²) in [6.07, 6.45) is 0.728. The van der Waals surface area contributed by atoms with Gasteiger partial charge in [0.15, 0.2) is 6.10 Å². The molecule has 4 aromatic carbocycles. The second-order valence-electron chi connectivity index (χ2n) is 8.21. The molecule has 0 aliphatic rings. The Labute approximate surface area is 229 Å². The van der Waals surface area contributed by atoms with Crippen molar-refractivity contribution in [3.8, 4) is 17.2 Å². The standard InChI is InChI=1S/C30H25BrN2O5/c1-21(37-27-16-14-26(15-17-27)36-20-23-6-3-2-4-7-23)29(34)33-32-19-22-10-12-28(13-11-22)38-30(35)24-8-5-9-25(31)18-24/h2-19,21H,20H2,1H3,(H,33,34)/b32-19-/t21-/m1/s1. The van der Waals surface area contributed by atoms with Crippen molar-refractivity contribution in [2.75, 3.05) is 0 Å². The van der Waals surface area contributed by atoms with Crippen molar-refractivity contribution in [2.24, 2.45) is 5.10 Å². The lowest BCUT2D eigenvalue weighted by molar-refractivity contribution is -0.127. The third-order valence-electron chi connectivity index (χ3n) is 5.29. The van der Waals surface area contributed by atoms with Crippen molar-refractivity contribution < 1.29 is 23.8 Å². The average Bonchev–Trinajstić information content (AvgIpc) is 2.94. The van der Waals surface area contributed by atoms with Gasteiger partial charge in [-0.15, -0.1) is 0 Å². The number of nitrogens with zero attached hydrogens (tertiary/aromatic N) is 1. The van der Waals surface area contributed by atoms with Crippen LogP contribution in [0.15, 0.2) is 113 Å². The lowest BCUT2D eigenvalue weighted by Gasteiger charge is -2.13. The second-order valence-corrected chi connectivity index (χ2v) is 9.12. The highest BCUT2D eigenvalue weighted by Gasteiger charge is 2.14. The quantitative estimate of drug-likeness (QED) is 0.106. The van der Waals surface area contributed by atoms with Gasteiger partial charge in [0.1, 0.15) is 23.9 Å². The highest BCUT2D eigenvalue weighted by atomic mass is 79.9. The fourth-order valence-corrected chi connectivity index (χ4v) is 3.68. The van der Waals surface area contributed by atoms with E-state index in [4.69, 9.17) is 14.2 Å². The normalized spacial score (nSPS) is 11.5. The molecular weight excluding hydrogens is 548 g/mol. The Balaban J connectivity index is 1.21. The summed E-state index contributed by atoms with van der Waals surface area (Å²) < 4.78 is 17.6. The number of halogens is 1. The number of hydrogen-bond donors (Lipinski definition) is 1. The van der Waals surface area contributed by atoms with Crippen LogP contribution in [0.2, 0.25) is 0 Å². The largest absolute Gasteiger partial charge is 0.489 e. The number of rotatable bonds is 10. The monoisotopic (exact) mass is 572 g/mol. The summed E-state index contributed by atoms with van der Waals surface area (Å²) in [7, 11) is 0. The molecule has 4 rings (SSSR count). The maximum absolute atomic E-state index is 12.4. The summed E-state index contributed by atoms with van der Waals surface area (Å²) in [4.78, 5) is 24.6. The van der Waals surface area contributed by atoms with Gasteiger partial charge in [-0.25, -0.2) is 10.2 Å². The van der Waals surface area contributed by atoms with Crippen molar-refractivity contribution in [3.05, 3.63) is 124 Å². The number of carbonyl (C=O) groups excluding carboxylic acids is 2. The molecule has 7 nitrogen and oxygen atoms in total. The van der Waals surface area contributed by atoms with Crippen LogP contribution in [0, 0.1) is 0 Å². The van der Waals surface area contributed by atoms with Crippen LogP contribution in [0.5, 0.6) is 17.2 Å². The van der Waals surface area contributed by atoms with Crippen LogP contribution >= 0.6 is 15.9 Å². The van der Waals surface area contributed by atoms with E-state index in [0.717, 1.165) is 10.0 Å². The van der Waals surface area contributed by atoms with Crippen molar-refractivity contribution in [3.63, 3.8) is 0 Å². The maximum Gasteiger partial charge on any atom is 0.343 e. The Morgan fingerprint density at radius 1 is 0.868 bits per heavy atom. The molecule has 1 atom stereocenters. The molecule has 1 amide bonds. The molecule has 0 saturated carbocycles. The minimum Gasteiger partial charge on any atom is -0.489 e. The van der Waals surface area contributed by atoms with Gasteiger partial charge in [0.2, 0.25) is 0 Å². The second kappa shape index (κ2) is 13.2. The van der Waals surface area contributed by atoms with Gasteiger partial charge in [-0.05, 0) is 84.8 Å². The zero-order valence-electron chi connectivity index (χ0n) is 20.5. The van der Waals surface area contributed by atoms with Crippen molar-refractivity contribution in [2.45, 2.75) is 19.6 Å². The molecule has 1 N–H and O–H groups in total. The van der Waals surface area contributed by atoms with Crippen molar-refractivity contribution in [1.29, 1.82) is 0 Å². The zero-order valence-corrected chi connectivity index (χ0v) is 22.1. The number of amides is 1. The van der Waals surface area contributed by atoms with E-state index in [2.05, 4.69) is 26.5 Å². The number of hydrogen-bond acceptors (Lipinski definition) is 6. The van der Waals surface area contributed by atoms with E-state index in [9.17, 15) is 9.59 Å². The van der Waals surface area contributed by atoms with Gasteiger partial charge in [-0.2, -0.15) is 5.10 Å². The summed E-state index contributed by atoms with van der Waals surface area (Å²) in [5.74, 6) is 0.789. The highest BCUT2D eigenvalue weighted by molar-refractivity contribution is 9.10. The van der Waals surface area contributed by atoms with E-state index in [1.165, 1.54) is 6.21 Å². The SMILES string of the molecule is C[C@@H](Oc1ccc(OCc2ccccc2)cc1)C(=O)N/N=C\c1ccc(OC(=O)c2cccc(Br)c2)cc1. The summed E-state index contributed by atoms with van der Waals surface area (Å²) in [5, 5.41) is 3.98. The van der Waals surface area contributed by atoms with E-state index in [-0.39, 0.29) is 0 Å². The van der Waals surface area contributed by atoms with E-state index in [1.807, 2.05) is 36.4 Å². The molecule has 0 bridgehead atoms. The third-order valence-corrected chi connectivity index (χ3v) is 5.79. The Morgan fingerprint density at radius 3 is 2.26 bits per heavy atom. The van der Waals surface area contributed by atoms with Gasteiger partial charge in [0, 0.05) is 4.47 Å². The van der Waals surface area contributed by atoms with Gasteiger partial charge in [0.25, 0.3) is 5.91 Å². The smallest absolute Gasteiger partial charge is 0.343 e. The van der Waals surface area contributed by atoms with Crippen molar-refractivity contribution in [1.82, 2.24) is 5.43 Å². The van der Waals surface area contributed by atoms with E-state index in [1.54, 1.807) is 73.7 Å². The Bertz CT molecular complexity index is 1390. The first kappa shape index (κ1) is 26.6. The fourth-order valence-electron chi connectivity index (χ4n) is 3.28. The molecule has 0 heterocycles. The molecule has 0 saturated heterocycles. The van der Waals surface area contributed by atoms with Crippen LogP contribution in [0.3, 0.4) is 0 Å². The number of hydrazone groups is 1. The summed E-state index contributed by atoms with van der Waals surface area (Å²) in [6, 6.07) is 30.7. The van der Waals surface area contributed by atoms with Crippen molar-refractivity contribution >= 4 is 34.0 Å². The van der Waals surface area contributed by atoms with E-state index in [0.29, 0.717) is 35.0 Å². The Hall–Kier alpha value is -4.43. The van der Waals surface area contributed by atoms with Crippen LogP contribution in [-0.2, 0) is 11.4 Å². The average molecular weight is 573 g/mol. The number of esters is 1. The predicted octanol–water partition coefficient (Wildman–Crippen LogP) is 6.16. The van der Waals surface area contributed by atoms with Crippen LogP contribution in [0.1, 0.15) is 28.4 Å². The molecule has 8 heteroatoms. The van der Waals surface area contributed by atoms with Crippen LogP contribution in [-0.4, -0.2) is 24.2 Å². The number of nitrogens with one attached hydrogen (secondary N) is 1. The first-order valence-corrected chi connectivity index (χ1v) is 12.6. The molecule has 0 unspecified atom stereocenters. The third kappa shape index (κ3) is 8.04. The van der Waals surface area contributed by atoms with E-state index >= 15 is 0 Å². The minimum absolute atomic E-state index is 0.398. The molecule has 4 aromatic rings. The van der Waals surface area contributed by atoms with Crippen LogP contribution < -0.4 is 19.6 Å². The summed E-state index contributed by atoms with van der Waals surface area (Å²) >= 11 is 3.33. The van der Waals surface area contributed by atoms with Crippen LogP contribution in [0.4, 0.5) is 0 Å². The van der Waals surface area contributed by atoms with Crippen LogP contribution in [0.25, 0.3) is 0 Å². The molecule has 0 aliphatic carbocycles. The first-order valence-electron chi connectivity index (χ1n) is 11.8. The Kier molecular flexibility index (Phi) is 9.26. The van der Waals surface area contributed by atoms with Gasteiger partial charge in [-0.1, -0.05) is 52.3 Å². The topological polar surface area (TPSA) is 86.2 Å². The lowest BCUT2D eigenvalue weighted by Crippen LogP contribution is -2.33. The lowest BCUT2D eigenvalue weighted by atomic mass is 10.2. The molecule has 0 aromatic heterocycles. The number of ether oxygens (including phenoxy) is 3. The highest BCUT2D eigenvalue weighted by Crippen LogP contribution is 2.20. The molecule has 0 aliphatic heterocycles. The molecule has 0 radical (unpaired) electrons. The number of carbonyl (C=O) groups is 2. The van der Waals surface area contributed by atoms with Gasteiger partial charge in [-0.3, -0.25) is 4.79 Å². The maximum atomic E-state index is 12.4. The molecule has 38 heavy (non-hydrogen) atoms. The predicted molar refractivity (Wildman–Crippen MR) is 149 cm³/mol. The zero-order chi connectivity index (χ0) is 26.7. The van der Waals surface area contributed by atoms with Gasteiger partial charge in [0.05, 0.1) is 11.8 Å². The first-order chi connectivity index (χ1) is 18.5. The minimum atomic E-state index is -0.761. The molecule has 0 spiro atoms. The van der Waals surface area contributed by atoms with Gasteiger partial charge < -0.3 is 14.2 Å². The van der Waals surface area contributed by atoms with Gasteiger partial charge >= 0.3 is 5.97 Å².